The van der Waals surface area contributed by atoms with Crippen LogP contribution in [0.25, 0.3) is 44.4 Å². The van der Waals surface area contributed by atoms with E-state index in [1.54, 1.807) is 0 Å². The van der Waals surface area contributed by atoms with Gasteiger partial charge in [-0.15, -0.1) is 0 Å². The first kappa shape index (κ1) is 39.3. The van der Waals surface area contributed by atoms with Crippen LogP contribution in [-0.2, 0) is 19.1 Å². The molecule has 4 aliphatic rings. The summed E-state index contributed by atoms with van der Waals surface area (Å²) in [5.41, 5.74) is 5.95. The van der Waals surface area contributed by atoms with E-state index >= 15 is 0 Å². The van der Waals surface area contributed by atoms with E-state index in [-0.39, 0.29) is 47.8 Å². The van der Waals surface area contributed by atoms with E-state index < -0.39 is 24.3 Å². The van der Waals surface area contributed by atoms with E-state index in [1.807, 2.05) is 49.9 Å². The molecule has 2 aliphatic carbocycles. The van der Waals surface area contributed by atoms with Crippen molar-refractivity contribution in [2.75, 3.05) is 14.2 Å². The minimum Gasteiger partial charge on any atom is -0.453 e. The molecule has 4 amide bonds. The van der Waals surface area contributed by atoms with Gasteiger partial charge in [0.1, 0.15) is 23.7 Å². The lowest BCUT2D eigenvalue weighted by atomic mass is 9.98. The standard InChI is InChI=1S/C46H52N8O6/c1-23(2)39(51-45(57)59-5)43(55)53-35-17-31(35)19-37(53)41-47-21-33(49-41)26-9-7-25(8-10-26)27-11-12-29-16-30(14-13-28(29)15-27)34-22-48-42(50-34)38-20-32-18-36(32)54(38)44(56)40(24(3)4)52-46(58)60-6/h7-16,21-24,31-32,35-40H,17-20H2,1-6H3,(H,47,49)(H,48,50)(H,51,57)(H,52,58)/t31-,32-,35-,36-,37-,38-,39-,40-/m0/s1. The van der Waals surface area contributed by atoms with Gasteiger partial charge >= 0.3 is 12.2 Å². The molecule has 8 atom stereocenters. The van der Waals surface area contributed by atoms with Crippen LogP contribution in [0.2, 0.25) is 0 Å². The van der Waals surface area contributed by atoms with Crippen molar-refractivity contribution in [1.82, 2.24) is 40.4 Å². The maximum absolute atomic E-state index is 13.8. The van der Waals surface area contributed by atoms with Crippen molar-refractivity contribution in [3.05, 3.63) is 84.7 Å². The number of aromatic nitrogens is 4. The first-order chi connectivity index (χ1) is 28.9. The quantitative estimate of drug-likeness (QED) is 0.107. The Morgan fingerprint density at radius 3 is 1.48 bits per heavy atom. The van der Waals surface area contributed by atoms with E-state index in [9.17, 15) is 19.2 Å². The molecule has 60 heavy (non-hydrogen) atoms. The highest BCUT2D eigenvalue weighted by Gasteiger charge is 2.57. The molecule has 5 aromatic rings. The lowest BCUT2D eigenvalue weighted by Gasteiger charge is -2.31. The number of fused-ring (bicyclic) bond motifs is 3. The van der Waals surface area contributed by atoms with Gasteiger partial charge in [0, 0.05) is 17.6 Å². The predicted molar refractivity (Wildman–Crippen MR) is 225 cm³/mol. The smallest absolute Gasteiger partial charge is 0.407 e. The fraction of sp³-hybridized carbons (Fsp3) is 0.435. The Morgan fingerprint density at radius 1 is 0.600 bits per heavy atom. The average Bonchev–Trinajstić information content (AvgIpc) is 3.83. The second-order valence-corrected chi connectivity index (χ2v) is 17.6. The van der Waals surface area contributed by atoms with E-state index in [0.717, 1.165) is 81.7 Å². The Hall–Kier alpha value is -6.18. The molecule has 3 aromatic carbocycles. The van der Waals surface area contributed by atoms with Gasteiger partial charge in [0.05, 0.1) is 50.1 Å². The molecule has 2 saturated heterocycles. The number of hydrogen-bond donors (Lipinski definition) is 4. The first-order valence-corrected chi connectivity index (χ1v) is 21.0. The zero-order chi connectivity index (χ0) is 42.0. The van der Waals surface area contributed by atoms with Crippen LogP contribution < -0.4 is 10.6 Å². The third kappa shape index (κ3) is 7.26. The number of imidazole rings is 2. The van der Waals surface area contributed by atoms with Crippen molar-refractivity contribution in [2.45, 2.75) is 89.6 Å². The number of benzene rings is 3. The highest BCUT2D eigenvalue weighted by Crippen LogP contribution is 2.54. The number of aromatic amines is 2. The number of nitrogens with one attached hydrogen (secondary N) is 4. The minimum atomic E-state index is -0.677. The van der Waals surface area contributed by atoms with Crippen molar-refractivity contribution in [3.8, 4) is 33.6 Å². The predicted octanol–water partition coefficient (Wildman–Crippen LogP) is 7.37. The summed E-state index contributed by atoms with van der Waals surface area (Å²) in [6.45, 7) is 7.69. The summed E-state index contributed by atoms with van der Waals surface area (Å²) in [7, 11) is 2.61. The molecule has 9 rings (SSSR count). The molecule has 4 N–H and O–H groups in total. The lowest BCUT2D eigenvalue weighted by Crippen LogP contribution is -2.52. The SMILES string of the molecule is COC(=O)N[C@H](C(=O)N1[C@H](c2ncc(-c3ccc(-c4ccc5cc(-c6cnc([C@@H]7C[C@@H]8C[C@@H]8N7C(=O)[C@@H](NC(=O)OC)C(C)C)[nH]6)ccc5c4)cc3)[nH]2)C[C@@H]2C[C@@H]21)C(C)C. The largest absolute Gasteiger partial charge is 0.453 e. The number of amides is 4. The molecule has 0 unspecified atom stereocenters. The normalized spacial score (nSPS) is 23.6. The Labute approximate surface area is 348 Å². The van der Waals surface area contributed by atoms with Gasteiger partial charge in [-0.3, -0.25) is 9.59 Å². The Morgan fingerprint density at radius 2 is 1.02 bits per heavy atom. The summed E-state index contributed by atoms with van der Waals surface area (Å²) in [6.07, 6.45) is 6.10. The van der Waals surface area contributed by atoms with Crippen molar-refractivity contribution >= 4 is 34.8 Å². The second-order valence-electron chi connectivity index (χ2n) is 17.6. The number of alkyl carbamates (subject to hydrolysis) is 2. The van der Waals surface area contributed by atoms with Crippen LogP contribution in [0.4, 0.5) is 9.59 Å². The fourth-order valence-electron chi connectivity index (χ4n) is 9.50. The lowest BCUT2D eigenvalue weighted by molar-refractivity contribution is -0.137. The van der Waals surface area contributed by atoms with Gasteiger partial charge in [-0.2, -0.15) is 0 Å². The molecular formula is C46H52N8O6. The molecule has 4 fully saturated rings. The number of likely N-dealkylation sites (tertiary alicyclic amines) is 2. The summed E-state index contributed by atoms with van der Waals surface area (Å²) < 4.78 is 9.61. The fourth-order valence-corrected chi connectivity index (χ4v) is 9.50. The summed E-state index contributed by atoms with van der Waals surface area (Å²) in [4.78, 5) is 72.2. The Bertz CT molecular complexity index is 2460. The monoisotopic (exact) mass is 812 g/mol. The maximum atomic E-state index is 13.8. The number of piperidine rings is 2. The molecule has 0 spiro atoms. The van der Waals surface area contributed by atoms with Crippen LogP contribution in [-0.4, -0.2) is 92.1 Å². The van der Waals surface area contributed by atoms with Crippen molar-refractivity contribution < 1.29 is 28.7 Å². The summed E-state index contributed by atoms with van der Waals surface area (Å²) >= 11 is 0. The number of carbonyl (C=O) groups is 4. The Kier molecular flexibility index (Phi) is 10.1. The summed E-state index contributed by atoms with van der Waals surface area (Å²) in [5, 5.41) is 7.69. The first-order valence-electron chi connectivity index (χ1n) is 21.0. The molecule has 2 aliphatic heterocycles. The third-order valence-electron chi connectivity index (χ3n) is 13.0. The molecule has 312 valence electrons. The molecular weight excluding hydrogens is 761 g/mol. The van der Waals surface area contributed by atoms with Crippen LogP contribution in [0.3, 0.4) is 0 Å². The number of ether oxygens (including phenoxy) is 2. The highest BCUT2D eigenvalue weighted by atomic mass is 16.5. The number of nitrogens with zero attached hydrogens (tertiary/aromatic N) is 4. The van der Waals surface area contributed by atoms with E-state index in [4.69, 9.17) is 19.4 Å². The number of methoxy groups -OCH3 is 2. The van der Waals surface area contributed by atoms with Crippen LogP contribution >= 0.6 is 0 Å². The zero-order valence-corrected chi connectivity index (χ0v) is 34.8. The van der Waals surface area contributed by atoms with Gasteiger partial charge in [-0.05, 0) is 89.0 Å². The summed E-state index contributed by atoms with van der Waals surface area (Å²) in [6, 6.07) is 19.8. The molecule has 2 saturated carbocycles. The van der Waals surface area contributed by atoms with Gasteiger partial charge in [-0.25, -0.2) is 19.6 Å². The van der Waals surface area contributed by atoms with Gasteiger partial charge in [0.2, 0.25) is 11.8 Å². The van der Waals surface area contributed by atoms with Crippen LogP contribution in [0.5, 0.6) is 0 Å². The topological polar surface area (TPSA) is 175 Å². The van der Waals surface area contributed by atoms with Crippen LogP contribution in [0.1, 0.15) is 77.1 Å². The third-order valence-corrected chi connectivity index (χ3v) is 13.0. The van der Waals surface area contributed by atoms with E-state index in [1.165, 1.54) is 14.2 Å². The van der Waals surface area contributed by atoms with E-state index in [0.29, 0.717) is 11.8 Å². The molecule has 2 aromatic heterocycles. The molecule has 0 radical (unpaired) electrons. The second kappa shape index (κ2) is 15.4. The molecule has 14 heteroatoms. The van der Waals surface area contributed by atoms with E-state index in [2.05, 4.69) is 81.3 Å². The average molecular weight is 813 g/mol. The molecule has 4 heterocycles. The molecule has 0 bridgehead atoms. The number of rotatable bonds is 11. The number of H-pyrrole nitrogens is 2. The zero-order valence-electron chi connectivity index (χ0n) is 34.8. The van der Waals surface area contributed by atoms with Gasteiger partial charge in [0.25, 0.3) is 0 Å². The maximum Gasteiger partial charge on any atom is 0.407 e. The summed E-state index contributed by atoms with van der Waals surface area (Å²) in [5.74, 6) is 2.02. The van der Waals surface area contributed by atoms with Crippen LogP contribution in [0, 0.1) is 23.7 Å². The number of carbonyl (C=O) groups excluding carboxylic acids is 4. The Balaban J connectivity index is 0.880. The van der Waals surface area contributed by atoms with Crippen molar-refractivity contribution in [3.63, 3.8) is 0 Å². The van der Waals surface area contributed by atoms with Crippen molar-refractivity contribution in [2.24, 2.45) is 23.7 Å². The van der Waals surface area contributed by atoms with Crippen molar-refractivity contribution in [1.29, 1.82) is 0 Å². The van der Waals surface area contributed by atoms with Gasteiger partial charge in [0.15, 0.2) is 0 Å². The molecule has 14 nitrogen and oxygen atoms in total. The van der Waals surface area contributed by atoms with Crippen LogP contribution in [0.15, 0.2) is 73.1 Å². The van der Waals surface area contributed by atoms with Gasteiger partial charge in [-0.1, -0.05) is 76.2 Å². The van der Waals surface area contributed by atoms with Gasteiger partial charge < -0.3 is 39.9 Å². The minimum absolute atomic E-state index is 0.0970. The number of hydrogen-bond acceptors (Lipinski definition) is 8. The highest BCUT2D eigenvalue weighted by molar-refractivity contribution is 5.91.